The summed E-state index contributed by atoms with van der Waals surface area (Å²) in [5, 5.41) is 0. The van der Waals surface area contributed by atoms with Gasteiger partial charge in [0.05, 0.1) is 11.0 Å². The molecule has 0 unspecified atom stereocenters. The average Bonchev–Trinajstić information content (AvgIpc) is 3.02. The number of benzene rings is 1. The summed E-state index contributed by atoms with van der Waals surface area (Å²) < 4.78 is 4.34. The van der Waals surface area contributed by atoms with Crippen molar-refractivity contribution < 1.29 is 0 Å². The Morgan fingerprint density at radius 1 is 1.19 bits per heavy atom. The number of nitrogens with zero attached hydrogens (tertiary/aromatic N) is 4. The normalized spacial score (nSPS) is 11.4. The van der Waals surface area contributed by atoms with Gasteiger partial charge in [-0.05, 0) is 18.6 Å². The lowest BCUT2D eigenvalue weighted by Crippen LogP contribution is -2.09. The molecule has 0 amide bonds. The van der Waals surface area contributed by atoms with Crippen LogP contribution in [0.15, 0.2) is 30.6 Å². The van der Waals surface area contributed by atoms with Gasteiger partial charge in [-0.15, -0.1) is 11.6 Å². The lowest BCUT2D eigenvalue weighted by Gasteiger charge is -2.08. The van der Waals surface area contributed by atoms with Gasteiger partial charge in [-0.3, -0.25) is 0 Å². The smallest absolute Gasteiger partial charge is 0.111 e. The standard InChI is InChI=1S/C16H19ClN4/c1-12-4-3-5-13-16(12)19-15(6-8-17)21(13)10-7-14-18-9-11-20(14)2/h3-5,9,11H,6-8,10H2,1-2H3. The van der Waals surface area contributed by atoms with Crippen molar-refractivity contribution >= 4 is 22.6 Å². The molecule has 0 saturated heterocycles. The Morgan fingerprint density at radius 3 is 2.76 bits per heavy atom. The molecular formula is C16H19ClN4. The topological polar surface area (TPSA) is 35.6 Å². The molecule has 0 N–H and O–H groups in total. The van der Waals surface area contributed by atoms with Crippen molar-refractivity contribution in [2.45, 2.75) is 26.3 Å². The molecule has 2 aromatic heterocycles. The number of para-hydroxylation sites is 1. The minimum atomic E-state index is 0.588. The number of fused-ring (bicyclic) bond motifs is 1. The van der Waals surface area contributed by atoms with Gasteiger partial charge in [0.15, 0.2) is 0 Å². The minimum absolute atomic E-state index is 0.588. The zero-order valence-electron chi connectivity index (χ0n) is 12.4. The van der Waals surface area contributed by atoms with Gasteiger partial charge < -0.3 is 9.13 Å². The number of alkyl halides is 1. The summed E-state index contributed by atoms with van der Waals surface area (Å²) in [7, 11) is 2.03. The van der Waals surface area contributed by atoms with Crippen LogP contribution in [0.25, 0.3) is 11.0 Å². The number of aromatic nitrogens is 4. The van der Waals surface area contributed by atoms with Crippen LogP contribution >= 0.6 is 11.6 Å². The SMILES string of the molecule is Cc1cccc2c1nc(CCCl)n2CCc1nccn1C. The predicted molar refractivity (Wildman–Crippen MR) is 85.8 cm³/mol. The van der Waals surface area contributed by atoms with Crippen LogP contribution in [-0.2, 0) is 26.4 Å². The molecule has 110 valence electrons. The lowest BCUT2D eigenvalue weighted by molar-refractivity contribution is 0.638. The first kappa shape index (κ1) is 14.1. The molecule has 0 radical (unpaired) electrons. The van der Waals surface area contributed by atoms with Gasteiger partial charge in [0.25, 0.3) is 0 Å². The van der Waals surface area contributed by atoms with E-state index in [1.54, 1.807) is 0 Å². The number of halogens is 1. The summed E-state index contributed by atoms with van der Waals surface area (Å²) in [6.07, 6.45) is 5.49. The Bertz CT molecular complexity index is 757. The highest BCUT2D eigenvalue weighted by Gasteiger charge is 2.12. The summed E-state index contributed by atoms with van der Waals surface area (Å²) in [4.78, 5) is 9.17. The average molecular weight is 303 g/mol. The Morgan fingerprint density at radius 2 is 2.05 bits per heavy atom. The van der Waals surface area contributed by atoms with E-state index in [1.807, 2.05) is 19.4 Å². The van der Waals surface area contributed by atoms with E-state index in [0.29, 0.717) is 5.88 Å². The first-order chi connectivity index (χ1) is 10.2. The quantitative estimate of drug-likeness (QED) is 0.679. The molecule has 0 spiro atoms. The summed E-state index contributed by atoms with van der Waals surface area (Å²) in [6.45, 7) is 2.97. The van der Waals surface area contributed by atoms with Gasteiger partial charge in [-0.2, -0.15) is 0 Å². The Kier molecular flexibility index (Phi) is 3.97. The Hall–Kier alpha value is -1.81. The third-order valence-corrected chi connectivity index (χ3v) is 4.05. The highest BCUT2D eigenvalue weighted by molar-refractivity contribution is 6.17. The molecule has 3 aromatic rings. The molecule has 5 heteroatoms. The van der Waals surface area contributed by atoms with Gasteiger partial charge in [-0.25, -0.2) is 9.97 Å². The molecule has 2 heterocycles. The monoisotopic (exact) mass is 302 g/mol. The minimum Gasteiger partial charge on any atom is -0.338 e. The van der Waals surface area contributed by atoms with Crippen LogP contribution in [0.1, 0.15) is 17.2 Å². The van der Waals surface area contributed by atoms with Crippen LogP contribution in [-0.4, -0.2) is 25.0 Å². The van der Waals surface area contributed by atoms with Crippen LogP contribution < -0.4 is 0 Å². The fourth-order valence-corrected chi connectivity index (χ4v) is 2.88. The number of rotatable bonds is 5. The van der Waals surface area contributed by atoms with Gasteiger partial charge >= 0.3 is 0 Å². The van der Waals surface area contributed by atoms with Crippen molar-refractivity contribution in [3.8, 4) is 0 Å². The third kappa shape index (κ3) is 2.68. The number of hydrogen-bond acceptors (Lipinski definition) is 2. The van der Waals surface area contributed by atoms with Gasteiger partial charge in [0.2, 0.25) is 0 Å². The van der Waals surface area contributed by atoms with Crippen molar-refractivity contribution in [1.82, 2.24) is 19.1 Å². The molecule has 21 heavy (non-hydrogen) atoms. The van der Waals surface area contributed by atoms with E-state index in [-0.39, 0.29) is 0 Å². The van der Waals surface area contributed by atoms with Crippen LogP contribution in [0, 0.1) is 6.92 Å². The van der Waals surface area contributed by atoms with Crippen molar-refractivity contribution in [3.63, 3.8) is 0 Å². The van der Waals surface area contributed by atoms with Gasteiger partial charge in [0.1, 0.15) is 11.6 Å². The Labute approximate surface area is 129 Å². The second-order valence-corrected chi connectivity index (χ2v) is 5.64. The summed E-state index contributed by atoms with van der Waals surface area (Å²) in [5.41, 5.74) is 3.47. The first-order valence-electron chi connectivity index (χ1n) is 7.17. The highest BCUT2D eigenvalue weighted by atomic mass is 35.5. The summed E-state index contributed by atoms with van der Waals surface area (Å²) >= 11 is 5.93. The molecule has 1 aromatic carbocycles. The zero-order chi connectivity index (χ0) is 14.8. The van der Waals surface area contributed by atoms with Crippen LogP contribution in [0.4, 0.5) is 0 Å². The van der Waals surface area contributed by atoms with E-state index in [2.05, 4.69) is 39.2 Å². The van der Waals surface area contributed by atoms with Crippen LogP contribution in [0.5, 0.6) is 0 Å². The van der Waals surface area contributed by atoms with E-state index in [9.17, 15) is 0 Å². The van der Waals surface area contributed by atoms with Crippen molar-refractivity contribution in [3.05, 3.63) is 47.8 Å². The van der Waals surface area contributed by atoms with E-state index in [4.69, 9.17) is 16.6 Å². The number of aryl methyl sites for hydroxylation is 5. The Balaban J connectivity index is 1.97. The molecule has 0 fully saturated rings. The predicted octanol–water partition coefficient (Wildman–Crippen LogP) is 3.10. The van der Waals surface area contributed by atoms with E-state index >= 15 is 0 Å². The maximum Gasteiger partial charge on any atom is 0.111 e. The fourth-order valence-electron chi connectivity index (χ4n) is 2.71. The second-order valence-electron chi connectivity index (χ2n) is 5.27. The van der Waals surface area contributed by atoms with Crippen molar-refractivity contribution in [2.24, 2.45) is 7.05 Å². The largest absolute Gasteiger partial charge is 0.338 e. The number of imidazole rings is 2. The van der Waals surface area contributed by atoms with Crippen molar-refractivity contribution in [1.29, 1.82) is 0 Å². The lowest BCUT2D eigenvalue weighted by atomic mass is 10.2. The zero-order valence-corrected chi connectivity index (χ0v) is 13.1. The van der Waals surface area contributed by atoms with E-state index < -0.39 is 0 Å². The number of hydrogen-bond donors (Lipinski definition) is 0. The van der Waals surface area contributed by atoms with Gasteiger partial charge in [0, 0.05) is 44.7 Å². The third-order valence-electron chi connectivity index (χ3n) is 3.86. The maximum atomic E-state index is 5.93. The summed E-state index contributed by atoms with van der Waals surface area (Å²) in [6, 6.07) is 6.31. The molecular weight excluding hydrogens is 284 g/mol. The second kappa shape index (κ2) is 5.90. The molecule has 0 atom stereocenters. The van der Waals surface area contributed by atoms with E-state index in [0.717, 1.165) is 36.6 Å². The highest BCUT2D eigenvalue weighted by Crippen LogP contribution is 2.20. The molecule has 0 aliphatic heterocycles. The van der Waals surface area contributed by atoms with Crippen LogP contribution in [0.3, 0.4) is 0 Å². The molecule has 4 nitrogen and oxygen atoms in total. The van der Waals surface area contributed by atoms with Crippen molar-refractivity contribution in [2.75, 3.05) is 5.88 Å². The molecule has 0 bridgehead atoms. The van der Waals surface area contributed by atoms with E-state index in [1.165, 1.54) is 11.1 Å². The molecule has 0 aliphatic rings. The molecule has 3 rings (SSSR count). The maximum absolute atomic E-state index is 5.93. The fraction of sp³-hybridized carbons (Fsp3) is 0.375. The molecule has 0 saturated carbocycles. The summed E-state index contributed by atoms with van der Waals surface area (Å²) in [5.74, 6) is 2.73. The first-order valence-corrected chi connectivity index (χ1v) is 7.71. The van der Waals surface area contributed by atoms with Crippen LogP contribution in [0.2, 0.25) is 0 Å². The van der Waals surface area contributed by atoms with Gasteiger partial charge in [-0.1, -0.05) is 12.1 Å². The molecule has 0 aliphatic carbocycles.